The minimum Gasteiger partial charge on any atom is -0.490 e. The van der Waals surface area contributed by atoms with Crippen molar-refractivity contribution in [2.45, 2.75) is 26.2 Å². The van der Waals surface area contributed by atoms with Crippen molar-refractivity contribution in [2.24, 2.45) is 10.8 Å². The number of likely N-dealkylation sites (tertiary alicyclic amines) is 1. The van der Waals surface area contributed by atoms with E-state index in [4.69, 9.17) is 15.2 Å². The topological polar surface area (TPSA) is 106 Å². The zero-order chi connectivity index (χ0) is 18.1. The number of rotatable bonds is 7. The molecule has 1 heterocycles. The molecule has 0 atom stereocenters. The van der Waals surface area contributed by atoms with Gasteiger partial charge in [-0.25, -0.2) is 10.2 Å². The molecule has 8 nitrogen and oxygen atoms in total. The Labute approximate surface area is 147 Å². The van der Waals surface area contributed by atoms with Crippen LogP contribution in [0.2, 0.25) is 0 Å². The van der Waals surface area contributed by atoms with Crippen LogP contribution in [-0.4, -0.2) is 49.4 Å². The third-order valence-electron chi connectivity index (χ3n) is 3.72. The Hall–Kier alpha value is -2.77. The fourth-order valence-corrected chi connectivity index (χ4v) is 2.54. The molecular weight excluding hydrogens is 324 g/mol. The Morgan fingerprint density at radius 3 is 2.68 bits per heavy atom. The molecular formula is C17H24N4O4. The van der Waals surface area contributed by atoms with Crippen LogP contribution in [0.25, 0.3) is 0 Å². The van der Waals surface area contributed by atoms with E-state index in [-0.39, 0.29) is 12.5 Å². The van der Waals surface area contributed by atoms with Crippen molar-refractivity contribution in [3.05, 3.63) is 23.8 Å². The van der Waals surface area contributed by atoms with E-state index >= 15 is 0 Å². The summed E-state index contributed by atoms with van der Waals surface area (Å²) in [6, 6.07) is 4.43. The number of ether oxygens (including phenoxy) is 2. The van der Waals surface area contributed by atoms with Crippen LogP contribution in [0.3, 0.4) is 0 Å². The largest absolute Gasteiger partial charge is 0.490 e. The number of carbonyl (C=O) groups is 2. The number of hydrazone groups is 1. The normalized spacial score (nSPS) is 14.4. The Morgan fingerprint density at radius 2 is 2.00 bits per heavy atom. The second kappa shape index (κ2) is 9.51. The van der Waals surface area contributed by atoms with Gasteiger partial charge in [0.2, 0.25) is 0 Å². The van der Waals surface area contributed by atoms with E-state index in [1.165, 1.54) is 12.6 Å². The molecule has 1 aliphatic heterocycles. The first-order valence-electron chi connectivity index (χ1n) is 8.36. The highest BCUT2D eigenvalue weighted by Gasteiger charge is 2.17. The van der Waals surface area contributed by atoms with Gasteiger partial charge in [-0.1, -0.05) is 0 Å². The van der Waals surface area contributed by atoms with E-state index in [0.29, 0.717) is 23.7 Å². The maximum Gasteiger partial charge on any atom is 0.332 e. The molecule has 0 spiro atoms. The lowest BCUT2D eigenvalue weighted by atomic mass is 10.1. The molecule has 0 unspecified atom stereocenters. The van der Waals surface area contributed by atoms with Crippen molar-refractivity contribution >= 4 is 18.2 Å². The van der Waals surface area contributed by atoms with Gasteiger partial charge in [-0.2, -0.15) is 5.10 Å². The predicted octanol–water partition coefficient (Wildman–Crippen LogP) is 1.48. The Morgan fingerprint density at radius 1 is 1.24 bits per heavy atom. The van der Waals surface area contributed by atoms with Gasteiger partial charge in [0.25, 0.3) is 5.91 Å². The third-order valence-corrected chi connectivity index (χ3v) is 3.72. The number of benzene rings is 1. The molecule has 8 heteroatoms. The SMILES string of the molecule is CCOc1cc(/C=N/NC(N)=O)ccc1OCC(=O)N1CCCCC1. The number of nitrogens with one attached hydrogen (secondary N) is 1. The van der Waals surface area contributed by atoms with Crippen LogP contribution in [0.5, 0.6) is 11.5 Å². The average molecular weight is 348 g/mol. The summed E-state index contributed by atoms with van der Waals surface area (Å²) in [5.41, 5.74) is 7.77. The van der Waals surface area contributed by atoms with Gasteiger partial charge in [-0.05, 0) is 49.9 Å². The number of nitrogens with zero attached hydrogens (tertiary/aromatic N) is 2. The number of hydrogen-bond acceptors (Lipinski definition) is 5. The van der Waals surface area contributed by atoms with Gasteiger partial charge >= 0.3 is 6.03 Å². The van der Waals surface area contributed by atoms with Crippen LogP contribution in [0, 0.1) is 0 Å². The number of urea groups is 1. The molecule has 25 heavy (non-hydrogen) atoms. The molecule has 3 amide bonds. The summed E-state index contributed by atoms with van der Waals surface area (Å²) in [4.78, 5) is 24.6. The van der Waals surface area contributed by atoms with Gasteiger partial charge in [0.1, 0.15) is 0 Å². The maximum absolute atomic E-state index is 12.2. The summed E-state index contributed by atoms with van der Waals surface area (Å²) in [6.07, 6.45) is 4.70. The van der Waals surface area contributed by atoms with Crippen molar-refractivity contribution < 1.29 is 19.1 Å². The van der Waals surface area contributed by atoms with E-state index in [9.17, 15) is 9.59 Å². The number of piperidine rings is 1. The highest BCUT2D eigenvalue weighted by atomic mass is 16.5. The maximum atomic E-state index is 12.2. The van der Waals surface area contributed by atoms with Gasteiger partial charge in [0.15, 0.2) is 18.1 Å². The van der Waals surface area contributed by atoms with E-state index in [1.54, 1.807) is 18.2 Å². The van der Waals surface area contributed by atoms with Crippen LogP contribution in [0.15, 0.2) is 23.3 Å². The zero-order valence-corrected chi connectivity index (χ0v) is 14.4. The first kappa shape index (κ1) is 18.6. The molecule has 2 rings (SSSR count). The standard InChI is InChI=1S/C17H24N4O4/c1-2-24-15-10-13(11-19-20-17(18)23)6-7-14(15)25-12-16(22)21-8-4-3-5-9-21/h6-7,10-11H,2-5,8-9,12H2,1H3,(H3,18,20,23)/b19-11+. The molecule has 1 saturated heterocycles. The molecule has 0 radical (unpaired) electrons. The summed E-state index contributed by atoms with van der Waals surface area (Å²) >= 11 is 0. The Bertz CT molecular complexity index is 627. The highest BCUT2D eigenvalue weighted by Crippen LogP contribution is 2.28. The third kappa shape index (κ3) is 5.98. The number of carbonyl (C=O) groups excluding carboxylic acids is 2. The van der Waals surface area contributed by atoms with Gasteiger partial charge in [0, 0.05) is 13.1 Å². The summed E-state index contributed by atoms with van der Waals surface area (Å²) < 4.78 is 11.2. The summed E-state index contributed by atoms with van der Waals surface area (Å²) in [6.45, 7) is 3.89. The first-order valence-corrected chi connectivity index (χ1v) is 8.36. The second-order valence-electron chi connectivity index (χ2n) is 5.60. The Kier molecular flexibility index (Phi) is 7.06. The molecule has 0 aliphatic carbocycles. The van der Waals surface area contributed by atoms with E-state index in [1.807, 2.05) is 11.8 Å². The molecule has 3 N–H and O–H groups in total. The lowest BCUT2D eigenvalue weighted by molar-refractivity contribution is -0.134. The van der Waals surface area contributed by atoms with Crippen LogP contribution in [-0.2, 0) is 4.79 Å². The molecule has 136 valence electrons. The Balaban J connectivity index is 1.99. The van der Waals surface area contributed by atoms with Crippen LogP contribution < -0.4 is 20.6 Å². The summed E-state index contributed by atoms with van der Waals surface area (Å²) in [5, 5.41) is 3.70. The molecule has 0 bridgehead atoms. The first-order chi connectivity index (χ1) is 12.1. The minimum atomic E-state index is -0.738. The van der Waals surface area contributed by atoms with Gasteiger partial charge < -0.3 is 20.1 Å². The van der Waals surface area contributed by atoms with Crippen molar-refractivity contribution in [2.75, 3.05) is 26.3 Å². The average Bonchev–Trinajstić information content (AvgIpc) is 2.61. The van der Waals surface area contributed by atoms with Gasteiger partial charge in [-0.15, -0.1) is 0 Å². The molecule has 1 aromatic rings. The lowest BCUT2D eigenvalue weighted by Gasteiger charge is -2.26. The molecule has 0 saturated carbocycles. The fourth-order valence-electron chi connectivity index (χ4n) is 2.54. The monoisotopic (exact) mass is 348 g/mol. The number of amides is 3. The molecule has 1 fully saturated rings. The quantitative estimate of drug-likeness (QED) is 0.575. The van der Waals surface area contributed by atoms with Gasteiger partial charge in [0.05, 0.1) is 12.8 Å². The van der Waals surface area contributed by atoms with Crippen LogP contribution >= 0.6 is 0 Å². The smallest absolute Gasteiger partial charge is 0.332 e. The van der Waals surface area contributed by atoms with Crippen molar-refractivity contribution in [1.29, 1.82) is 0 Å². The molecule has 1 aromatic carbocycles. The van der Waals surface area contributed by atoms with Crippen molar-refractivity contribution in [1.82, 2.24) is 10.3 Å². The van der Waals surface area contributed by atoms with Crippen molar-refractivity contribution in [3.63, 3.8) is 0 Å². The van der Waals surface area contributed by atoms with Gasteiger partial charge in [-0.3, -0.25) is 4.79 Å². The fraction of sp³-hybridized carbons (Fsp3) is 0.471. The number of primary amides is 1. The van der Waals surface area contributed by atoms with Crippen molar-refractivity contribution in [3.8, 4) is 11.5 Å². The number of hydrogen-bond donors (Lipinski definition) is 2. The summed E-state index contributed by atoms with van der Waals surface area (Å²) in [7, 11) is 0. The molecule has 0 aromatic heterocycles. The van der Waals surface area contributed by atoms with E-state index in [0.717, 1.165) is 25.9 Å². The summed E-state index contributed by atoms with van der Waals surface area (Å²) in [5.74, 6) is 0.989. The highest BCUT2D eigenvalue weighted by molar-refractivity contribution is 5.82. The van der Waals surface area contributed by atoms with E-state index in [2.05, 4.69) is 10.5 Å². The van der Waals surface area contributed by atoms with Crippen LogP contribution in [0.4, 0.5) is 4.79 Å². The molecule has 1 aliphatic rings. The van der Waals surface area contributed by atoms with E-state index < -0.39 is 6.03 Å². The number of nitrogens with two attached hydrogens (primary N) is 1. The van der Waals surface area contributed by atoms with Crippen LogP contribution in [0.1, 0.15) is 31.7 Å². The lowest BCUT2D eigenvalue weighted by Crippen LogP contribution is -2.38. The second-order valence-corrected chi connectivity index (χ2v) is 5.60. The zero-order valence-electron chi connectivity index (χ0n) is 14.4. The minimum absolute atomic E-state index is 0.0153. The predicted molar refractivity (Wildman–Crippen MR) is 93.9 cm³/mol.